The first-order valence-corrected chi connectivity index (χ1v) is 6.95. The molecule has 0 radical (unpaired) electrons. The minimum Gasteiger partial charge on any atom is -0.320 e. The van der Waals surface area contributed by atoms with Gasteiger partial charge in [0.25, 0.3) is 5.91 Å². The Bertz CT molecular complexity index is 635. The molecule has 0 aliphatic heterocycles. The number of fused-ring (bicyclic) bond motifs is 1. The van der Waals surface area contributed by atoms with Crippen molar-refractivity contribution in [2.45, 2.75) is 32.6 Å². The van der Waals surface area contributed by atoms with E-state index in [1.54, 1.807) is 6.20 Å². The molecule has 1 heterocycles. The quantitative estimate of drug-likeness (QED) is 0.910. The van der Waals surface area contributed by atoms with Gasteiger partial charge >= 0.3 is 0 Å². The normalized spacial score (nSPS) is 13.7. The summed E-state index contributed by atoms with van der Waals surface area (Å²) in [6.07, 6.45) is 7.67. The lowest BCUT2D eigenvalue weighted by Crippen LogP contribution is -2.17. The average molecular weight is 267 g/mol. The molecule has 1 aliphatic carbocycles. The topological polar surface area (TPSA) is 54.9 Å². The standard InChI is InChI=1S/C16H17N3O/c1-11-9-18-15(10-17-11)16(20)19-14-8-4-6-12-5-2-3-7-13(12)14/h4,6,8-10H,2-3,5,7H2,1H3,(H,19,20). The van der Waals surface area contributed by atoms with Crippen LogP contribution in [0.1, 0.15) is 40.2 Å². The van der Waals surface area contributed by atoms with Crippen LogP contribution in [-0.4, -0.2) is 15.9 Å². The molecule has 20 heavy (non-hydrogen) atoms. The smallest absolute Gasteiger partial charge is 0.275 e. The van der Waals surface area contributed by atoms with Gasteiger partial charge < -0.3 is 5.32 Å². The van der Waals surface area contributed by atoms with Gasteiger partial charge in [-0.05, 0) is 49.8 Å². The fraction of sp³-hybridized carbons (Fsp3) is 0.312. The maximum atomic E-state index is 12.2. The van der Waals surface area contributed by atoms with Crippen LogP contribution < -0.4 is 5.32 Å². The number of nitrogens with one attached hydrogen (secondary N) is 1. The predicted octanol–water partition coefficient (Wildman–Crippen LogP) is 2.92. The molecule has 0 unspecified atom stereocenters. The fourth-order valence-electron chi connectivity index (χ4n) is 2.59. The molecule has 4 heteroatoms. The van der Waals surface area contributed by atoms with Crippen LogP contribution in [0, 0.1) is 6.92 Å². The zero-order chi connectivity index (χ0) is 13.9. The summed E-state index contributed by atoms with van der Waals surface area (Å²) in [7, 11) is 0. The highest BCUT2D eigenvalue weighted by Crippen LogP contribution is 2.28. The summed E-state index contributed by atoms with van der Waals surface area (Å²) in [4.78, 5) is 20.4. The number of nitrogens with zero attached hydrogens (tertiary/aromatic N) is 2. The molecule has 4 nitrogen and oxygen atoms in total. The van der Waals surface area contributed by atoms with E-state index in [1.165, 1.54) is 30.2 Å². The number of amides is 1. The van der Waals surface area contributed by atoms with Crippen LogP contribution in [0.5, 0.6) is 0 Å². The van der Waals surface area contributed by atoms with Gasteiger partial charge in [0.05, 0.1) is 11.9 Å². The molecule has 0 bridgehead atoms. The van der Waals surface area contributed by atoms with E-state index in [0.717, 1.165) is 24.2 Å². The summed E-state index contributed by atoms with van der Waals surface area (Å²) in [5.74, 6) is -0.198. The zero-order valence-electron chi connectivity index (χ0n) is 11.5. The van der Waals surface area contributed by atoms with Crippen LogP contribution in [-0.2, 0) is 12.8 Å². The van der Waals surface area contributed by atoms with Crippen LogP contribution >= 0.6 is 0 Å². The largest absolute Gasteiger partial charge is 0.320 e. The third-order valence-corrected chi connectivity index (χ3v) is 3.66. The molecule has 3 rings (SSSR count). The van der Waals surface area contributed by atoms with E-state index in [0.29, 0.717) is 5.69 Å². The van der Waals surface area contributed by atoms with Gasteiger partial charge in [-0.1, -0.05) is 12.1 Å². The third kappa shape index (κ3) is 2.54. The molecular formula is C16H17N3O. The molecule has 1 amide bonds. The lowest BCUT2D eigenvalue weighted by atomic mass is 9.90. The van der Waals surface area contributed by atoms with Crippen molar-refractivity contribution in [3.05, 3.63) is 53.1 Å². The molecule has 0 spiro atoms. The van der Waals surface area contributed by atoms with Crippen molar-refractivity contribution in [3.8, 4) is 0 Å². The highest BCUT2D eigenvalue weighted by atomic mass is 16.1. The number of aromatic nitrogens is 2. The number of hydrogen-bond donors (Lipinski definition) is 1. The number of carbonyl (C=O) groups excluding carboxylic acids is 1. The SMILES string of the molecule is Cc1cnc(C(=O)Nc2cccc3c2CCCC3)cn1. The van der Waals surface area contributed by atoms with E-state index in [2.05, 4.69) is 21.4 Å². The molecular weight excluding hydrogens is 250 g/mol. The van der Waals surface area contributed by atoms with Crippen molar-refractivity contribution >= 4 is 11.6 Å². The summed E-state index contributed by atoms with van der Waals surface area (Å²) in [6, 6.07) is 6.11. The van der Waals surface area contributed by atoms with E-state index in [4.69, 9.17) is 0 Å². The van der Waals surface area contributed by atoms with Gasteiger partial charge in [-0.3, -0.25) is 9.78 Å². The van der Waals surface area contributed by atoms with Crippen molar-refractivity contribution in [2.75, 3.05) is 5.32 Å². The fourth-order valence-corrected chi connectivity index (χ4v) is 2.59. The Labute approximate surface area is 118 Å². The van der Waals surface area contributed by atoms with Crippen molar-refractivity contribution < 1.29 is 4.79 Å². The van der Waals surface area contributed by atoms with Gasteiger partial charge in [0.15, 0.2) is 0 Å². The second-order valence-electron chi connectivity index (χ2n) is 5.15. The highest BCUT2D eigenvalue weighted by Gasteiger charge is 2.15. The lowest BCUT2D eigenvalue weighted by molar-refractivity contribution is 0.102. The van der Waals surface area contributed by atoms with Gasteiger partial charge in [0.2, 0.25) is 0 Å². The number of anilines is 1. The monoisotopic (exact) mass is 267 g/mol. The number of carbonyl (C=O) groups is 1. The molecule has 2 aromatic rings. The van der Waals surface area contributed by atoms with Gasteiger partial charge in [0, 0.05) is 11.9 Å². The Morgan fingerprint density at radius 1 is 1.15 bits per heavy atom. The number of benzene rings is 1. The number of hydrogen-bond acceptors (Lipinski definition) is 3. The van der Waals surface area contributed by atoms with E-state index >= 15 is 0 Å². The summed E-state index contributed by atoms with van der Waals surface area (Å²) >= 11 is 0. The lowest BCUT2D eigenvalue weighted by Gasteiger charge is -2.19. The maximum Gasteiger partial charge on any atom is 0.275 e. The Kier molecular flexibility index (Phi) is 3.46. The first-order valence-electron chi connectivity index (χ1n) is 6.95. The van der Waals surface area contributed by atoms with E-state index in [1.807, 2.05) is 19.1 Å². The minimum atomic E-state index is -0.198. The van der Waals surface area contributed by atoms with Gasteiger partial charge in [-0.2, -0.15) is 0 Å². The van der Waals surface area contributed by atoms with Gasteiger partial charge in [-0.15, -0.1) is 0 Å². The summed E-state index contributed by atoms with van der Waals surface area (Å²) in [5, 5.41) is 2.96. The van der Waals surface area contributed by atoms with Crippen molar-refractivity contribution in [3.63, 3.8) is 0 Å². The zero-order valence-corrected chi connectivity index (χ0v) is 11.5. The van der Waals surface area contributed by atoms with Crippen molar-refractivity contribution in [1.82, 2.24) is 9.97 Å². The molecule has 0 saturated heterocycles. The summed E-state index contributed by atoms with van der Waals surface area (Å²) in [6.45, 7) is 1.85. The van der Waals surface area contributed by atoms with Crippen LogP contribution in [0.25, 0.3) is 0 Å². The van der Waals surface area contributed by atoms with Crippen LogP contribution in [0.15, 0.2) is 30.6 Å². The molecule has 0 atom stereocenters. The van der Waals surface area contributed by atoms with E-state index in [-0.39, 0.29) is 5.91 Å². The molecule has 1 N–H and O–H groups in total. The minimum absolute atomic E-state index is 0.198. The van der Waals surface area contributed by atoms with E-state index < -0.39 is 0 Å². The number of rotatable bonds is 2. The molecule has 0 fully saturated rings. The predicted molar refractivity (Wildman–Crippen MR) is 77.8 cm³/mol. The number of aryl methyl sites for hydroxylation is 2. The second kappa shape index (κ2) is 5.41. The highest BCUT2D eigenvalue weighted by molar-refractivity contribution is 6.03. The average Bonchev–Trinajstić information content (AvgIpc) is 2.48. The molecule has 0 saturated carbocycles. The first kappa shape index (κ1) is 12.8. The van der Waals surface area contributed by atoms with Crippen molar-refractivity contribution in [1.29, 1.82) is 0 Å². The van der Waals surface area contributed by atoms with Gasteiger partial charge in [0.1, 0.15) is 5.69 Å². The molecule has 1 aliphatic rings. The van der Waals surface area contributed by atoms with E-state index in [9.17, 15) is 4.79 Å². The summed E-state index contributed by atoms with van der Waals surface area (Å²) < 4.78 is 0. The van der Waals surface area contributed by atoms with Crippen LogP contribution in [0.4, 0.5) is 5.69 Å². The molecule has 102 valence electrons. The Balaban J connectivity index is 1.84. The maximum absolute atomic E-state index is 12.2. The third-order valence-electron chi connectivity index (χ3n) is 3.66. The molecule has 1 aromatic heterocycles. The summed E-state index contributed by atoms with van der Waals surface area (Å²) in [5.41, 5.74) is 4.69. The van der Waals surface area contributed by atoms with Crippen LogP contribution in [0.2, 0.25) is 0 Å². The second-order valence-corrected chi connectivity index (χ2v) is 5.15. The van der Waals surface area contributed by atoms with Gasteiger partial charge in [-0.25, -0.2) is 4.98 Å². The molecule has 1 aromatic carbocycles. The first-order chi connectivity index (χ1) is 9.74. The Morgan fingerprint density at radius 3 is 2.80 bits per heavy atom. The van der Waals surface area contributed by atoms with Crippen LogP contribution in [0.3, 0.4) is 0 Å². The Hall–Kier alpha value is -2.23. The van der Waals surface area contributed by atoms with Crippen molar-refractivity contribution in [2.24, 2.45) is 0 Å². The Morgan fingerprint density at radius 2 is 2.00 bits per heavy atom.